The van der Waals surface area contributed by atoms with Crippen molar-refractivity contribution in [1.82, 2.24) is 0 Å². The van der Waals surface area contributed by atoms with E-state index in [0.29, 0.717) is 22.2 Å². The molecule has 0 heterocycles. The Morgan fingerprint density at radius 2 is 1.94 bits per heavy atom. The van der Waals surface area contributed by atoms with Gasteiger partial charge in [0, 0.05) is 12.0 Å². The summed E-state index contributed by atoms with van der Waals surface area (Å²) in [5, 5.41) is 9.89. The minimum Gasteiger partial charge on any atom is -0.495 e. The Balaban J connectivity index is 2.44. The number of methoxy groups -OCH3 is 2. The van der Waals surface area contributed by atoms with Gasteiger partial charge in [0.2, 0.25) is 0 Å². The first-order valence-corrected chi connectivity index (χ1v) is 6.11. The fourth-order valence-electron chi connectivity index (χ4n) is 1.85. The first-order chi connectivity index (χ1) is 8.00. The van der Waals surface area contributed by atoms with Crippen LogP contribution in [0.2, 0.25) is 0 Å². The van der Waals surface area contributed by atoms with Crippen molar-refractivity contribution in [1.29, 1.82) is 0 Å². The van der Waals surface area contributed by atoms with E-state index in [2.05, 4.69) is 15.9 Å². The van der Waals surface area contributed by atoms with Crippen molar-refractivity contribution < 1.29 is 19.0 Å². The second-order valence-electron chi connectivity index (χ2n) is 4.30. The molecule has 1 fully saturated rings. The van der Waals surface area contributed by atoms with Gasteiger partial charge in [0.15, 0.2) is 11.6 Å². The molecule has 1 aromatic rings. The molecule has 0 atom stereocenters. The van der Waals surface area contributed by atoms with Crippen molar-refractivity contribution in [2.75, 3.05) is 14.2 Å². The maximum absolute atomic E-state index is 13.7. The van der Waals surface area contributed by atoms with Crippen LogP contribution in [-0.4, -0.2) is 24.9 Å². The van der Waals surface area contributed by atoms with E-state index in [0.717, 1.165) is 12.8 Å². The van der Waals surface area contributed by atoms with Crippen molar-refractivity contribution in [2.24, 2.45) is 0 Å². The molecule has 3 nitrogen and oxygen atoms in total. The minimum absolute atomic E-state index is 0.119. The quantitative estimate of drug-likeness (QED) is 0.929. The van der Waals surface area contributed by atoms with Crippen LogP contribution in [0.5, 0.6) is 11.5 Å². The highest BCUT2D eigenvalue weighted by Crippen LogP contribution is 2.44. The average molecular weight is 305 g/mol. The van der Waals surface area contributed by atoms with Crippen LogP contribution in [0.3, 0.4) is 0 Å². The number of ether oxygens (including phenoxy) is 2. The summed E-state index contributed by atoms with van der Waals surface area (Å²) in [5.74, 6) is 0.177. The average Bonchev–Trinajstić information content (AvgIpc) is 2.96. The van der Waals surface area contributed by atoms with Gasteiger partial charge in [-0.15, -0.1) is 0 Å². The zero-order valence-electron chi connectivity index (χ0n) is 9.72. The van der Waals surface area contributed by atoms with Crippen molar-refractivity contribution in [3.63, 3.8) is 0 Å². The van der Waals surface area contributed by atoms with Gasteiger partial charge >= 0.3 is 0 Å². The lowest BCUT2D eigenvalue weighted by molar-refractivity contribution is 0.149. The van der Waals surface area contributed by atoms with Gasteiger partial charge in [-0.1, -0.05) is 0 Å². The van der Waals surface area contributed by atoms with E-state index in [1.807, 2.05) is 0 Å². The largest absolute Gasteiger partial charge is 0.495 e. The molecule has 1 N–H and O–H groups in total. The van der Waals surface area contributed by atoms with Gasteiger partial charge in [0.1, 0.15) is 10.2 Å². The Kier molecular flexibility index (Phi) is 3.32. The second-order valence-corrected chi connectivity index (χ2v) is 5.09. The van der Waals surface area contributed by atoms with Crippen molar-refractivity contribution in [3.05, 3.63) is 21.9 Å². The molecule has 0 spiro atoms. The van der Waals surface area contributed by atoms with E-state index in [4.69, 9.17) is 9.47 Å². The van der Waals surface area contributed by atoms with E-state index >= 15 is 0 Å². The molecule has 0 aliphatic heterocycles. The number of rotatable bonds is 4. The summed E-state index contributed by atoms with van der Waals surface area (Å²) in [6.07, 6.45) is 1.90. The molecular weight excluding hydrogens is 291 g/mol. The highest BCUT2D eigenvalue weighted by atomic mass is 79.9. The Labute approximate surface area is 108 Å². The normalized spacial score (nSPS) is 16.8. The summed E-state index contributed by atoms with van der Waals surface area (Å²) < 4.78 is 24.4. The zero-order valence-corrected chi connectivity index (χ0v) is 11.3. The molecular formula is C12H14BrFO3. The van der Waals surface area contributed by atoms with E-state index in [1.165, 1.54) is 20.3 Å². The third kappa shape index (κ3) is 2.40. The maximum Gasteiger partial charge on any atom is 0.172 e. The molecule has 1 saturated carbocycles. The molecule has 0 amide bonds. The maximum atomic E-state index is 13.7. The van der Waals surface area contributed by atoms with Gasteiger partial charge in [-0.2, -0.15) is 0 Å². The van der Waals surface area contributed by atoms with Gasteiger partial charge in [-0.05, 0) is 34.8 Å². The van der Waals surface area contributed by atoms with Crippen LogP contribution in [0.25, 0.3) is 0 Å². The molecule has 1 aliphatic carbocycles. The first-order valence-electron chi connectivity index (χ1n) is 5.32. The highest BCUT2D eigenvalue weighted by Gasteiger charge is 2.41. The Morgan fingerprint density at radius 1 is 1.35 bits per heavy atom. The van der Waals surface area contributed by atoms with E-state index in [-0.39, 0.29) is 5.75 Å². The first kappa shape index (κ1) is 12.6. The summed E-state index contributed by atoms with van der Waals surface area (Å²) in [7, 11) is 2.91. The lowest BCUT2D eigenvalue weighted by Crippen LogP contribution is -2.12. The van der Waals surface area contributed by atoms with Crippen LogP contribution in [0.4, 0.5) is 4.39 Å². The number of hydrogen-bond donors (Lipinski definition) is 1. The minimum atomic E-state index is -0.687. The Hall–Kier alpha value is -0.810. The Bertz CT molecular complexity index is 444. The summed E-state index contributed by atoms with van der Waals surface area (Å²) in [6, 6.07) is 1.36. The topological polar surface area (TPSA) is 38.7 Å². The third-order valence-corrected chi connectivity index (χ3v) is 3.68. The third-order valence-electron chi connectivity index (χ3n) is 2.96. The Morgan fingerprint density at radius 3 is 2.41 bits per heavy atom. The van der Waals surface area contributed by atoms with Gasteiger partial charge in [-0.25, -0.2) is 4.39 Å². The molecule has 0 saturated heterocycles. The predicted octanol–water partition coefficient (Wildman–Crippen LogP) is 2.67. The van der Waals surface area contributed by atoms with Gasteiger partial charge in [0.25, 0.3) is 0 Å². The molecule has 17 heavy (non-hydrogen) atoms. The predicted molar refractivity (Wildman–Crippen MR) is 65.1 cm³/mol. The standard InChI is InChI=1S/C12H14BrFO3/c1-16-10-7(6-12(15)3-4-12)5-8(14)11(17-2)9(10)13/h5,15H,3-4,6H2,1-2H3. The summed E-state index contributed by atoms with van der Waals surface area (Å²) in [5.41, 5.74) is -0.0361. The summed E-state index contributed by atoms with van der Waals surface area (Å²) >= 11 is 3.26. The van der Waals surface area contributed by atoms with Crippen LogP contribution in [-0.2, 0) is 6.42 Å². The molecule has 94 valence electrons. The molecule has 1 aliphatic rings. The lowest BCUT2D eigenvalue weighted by Gasteiger charge is -2.16. The fourth-order valence-corrected chi connectivity index (χ4v) is 2.62. The number of aliphatic hydroxyl groups is 1. The zero-order chi connectivity index (χ0) is 12.6. The SMILES string of the molecule is COc1c(F)cc(CC2(O)CC2)c(OC)c1Br. The molecule has 0 aromatic heterocycles. The number of halogens is 2. The van der Waals surface area contributed by atoms with Crippen molar-refractivity contribution >= 4 is 15.9 Å². The van der Waals surface area contributed by atoms with Crippen LogP contribution in [0.15, 0.2) is 10.5 Å². The van der Waals surface area contributed by atoms with Crippen LogP contribution in [0.1, 0.15) is 18.4 Å². The smallest absolute Gasteiger partial charge is 0.172 e. The van der Waals surface area contributed by atoms with E-state index in [9.17, 15) is 9.50 Å². The van der Waals surface area contributed by atoms with Crippen LogP contribution < -0.4 is 9.47 Å². The molecule has 2 rings (SSSR count). The lowest BCUT2D eigenvalue weighted by atomic mass is 10.0. The highest BCUT2D eigenvalue weighted by molar-refractivity contribution is 9.10. The van der Waals surface area contributed by atoms with Gasteiger partial charge in [0.05, 0.1) is 19.8 Å². The molecule has 5 heteroatoms. The number of hydrogen-bond acceptors (Lipinski definition) is 3. The number of benzene rings is 1. The summed E-state index contributed by atoms with van der Waals surface area (Å²) in [6.45, 7) is 0. The monoisotopic (exact) mass is 304 g/mol. The second kappa shape index (κ2) is 4.46. The van der Waals surface area contributed by atoms with Crippen molar-refractivity contribution in [2.45, 2.75) is 24.9 Å². The van der Waals surface area contributed by atoms with E-state index < -0.39 is 11.4 Å². The van der Waals surface area contributed by atoms with Gasteiger partial charge < -0.3 is 14.6 Å². The van der Waals surface area contributed by atoms with Crippen molar-refractivity contribution in [3.8, 4) is 11.5 Å². The molecule has 0 radical (unpaired) electrons. The van der Waals surface area contributed by atoms with E-state index in [1.54, 1.807) is 0 Å². The van der Waals surface area contributed by atoms with Crippen LogP contribution in [0, 0.1) is 5.82 Å². The van der Waals surface area contributed by atoms with Gasteiger partial charge in [-0.3, -0.25) is 0 Å². The van der Waals surface area contributed by atoms with Crippen LogP contribution >= 0.6 is 15.9 Å². The summed E-state index contributed by atoms with van der Waals surface area (Å²) in [4.78, 5) is 0. The molecule has 0 unspecified atom stereocenters. The molecule has 1 aromatic carbocycles. The fraction of sp³-hybridized carbons (Fsp3) is 0.500. The molecule has 0 bridgehead atoms.